The van der Waals surface area contributed by atoms with Gasteiger partial charge in [-0.15, -0.1) is 0 Å². The van der Waals surface area contributed by atoms with Crippen LogP contribution in [0.5, 0.6) is 0 Å². The van der Waals surface area contributed by atoms with Crippen LogP contribution in [-0.4, -0.2) is 22.2 Å². The van der Waals surface area contributed by atoms with Crippen molar-refractivity contribution in [3.8, 4) is 11.3 Å². The first-order valence-corrected chi connectivity index (χ1v) is 10.8. The Morgan fingerprint density at radius 3 is 2.17 bits per heavy atom. The lowest BCUT2D eigenvalue weighted by molar-refractivity contribution is -0.385. The molecule has 0 bridgehead atoms. The van der Waals surface area contributed by atoms with Crippen molar-refractivity contribution < 1.29 is 19.2 Å². The van der Waals surface area contributed by atoms with Crippen LogP contribution in [0.3, 0.4) is 0 Å². The molecule has 0 saturated heterocycles. The van der Waals surface area contributed by atoms with Crippen molar-refractivity contribution in [2.24, 2.45) is 5.10 Å². The number of carbonyl (C=O) groups excluding carboxylic acids is 1. The quantitative estimate of drug-likeness (QED) is 0.228. The number of rotatable bonds is 7. The second-order valence-corrected chi connectivity index (χ2v) is 8.04. The number of carbonyl (C=O) groups is 1. The number of amides is 1. The highest BCUT2D eigenvalue weighted by atomic mass is 16.6. The number of furan rings is 1. The molecule has 8 heteroatoms. The van der Waals surface area contributed by atoms with Crippen LogP contribution >= 0.6 is 0 Å². The highest BCUT2D eigenvalue weighted by molar-refractivity contribution is 5.91. The average Bonchev–Trinajstić information content (AvgIpc) is 3.35. The zero-order chi connectivity index (χ0) is 25.0. The molecule has 2 N–H and O–H groups in total. The maximum atomic E-state index is 13.1. The lowest BCUT2D eigenvalue weighted by atomic mass is 9.85. The van der Waals surface area contributed by atoms with Gasteiger partial charge in [0.05, 0.1) is 11.1 Å². The minimum atomic E-state index is -1.95. The number of nitro groups is 1. The molecular weight excluding hydrogens is 446 g/mol. The molecule has 0 aliphatic rings. The maximum Gasteiger partial charge on any atom is 0.281 e. The number of hydrogen-bond acceptors (Lipinski definition) is 6. The summed E-state index contributed by atoms with van der Waals surface area (Å²) in [6.07, 6.45) is 1.30. The van der Waals surface area contributed by atoms with Crippen molar-refractivity contribution >= 4 is 17.8 Å². The molecule has 0 atom stereocenters. The molecule has 0 radical (unpaired) electrons. The molecule has 0 aliphatic heterocycles. The summed E-state index contributed by atoms with van der Waals surface area (Å²) in [6, 6.07) is 23.8. The van der Waals surface area contributed by atoms with Gasteiger partial charge in [-0.3, -0.25) is 14.9 Å². The molecule has 1 amide bonds. The third-order valence-corrected chi connectivity index (χ3v) is 5.82. The molecule has 4 aromatic rings. The largest absolute Gasteiger partial charge is 0.455 e. The van der Waals surface area contributed by atoms with Gasteiger partial charge < -0.3 is 9.52 Å². The Bertz CT molecular complexity index is 1360. The van der Waals surface area contributed by atoms with Gasteiger partial charge in [0, 0.05) is 17.2 Å². The Morgan fingerprint density at radius 2 is 1.60 bits per heavy atom. The van der Waals surface area contributed by atoms with E-state index in [2.05, 4.69) is 10.5 Å². The number of nitrogens with one attached hydrogen (secondary N) is 1. The molecule has 3 aromatic carbocycles. The zero-order valence-corrected chi connectivity index (χ0v) is 19.1. The van der Waals surface area contributed by atoms with Crippen molar-refractivity contribution in [3.05, 3.63) is 123 Å². The van der Waals surface area contributed by atoms with E-state index in [1.807, 2.05) is 6.07 Å². The third kappa shape index (κ3) is 4.73. The molecule has 0 saturated carbocycles. The second kappa shape index (κ2) is 9.74. The van der Waals surface area contributed by atoms with E-state index in [-0.39, 0.29) is 5.69 Å². The average molecular weight is 469 g/mol. The summed E-state index contributed by atoms with van der Waals surface area (Å²) in [4.78, 5) is 24.0. The second-order valence-electron chi connectivity index (χ2n) is 8.04. The molecule has 35 heavy (non-hydrogen) atoms. The standard InChI is InChI=1S/C27H23N3O5/c1-18-15-20(16-24(19(18)2)30(33)34)25-14-13-23(35-25)17-28-29-26(31)27(32,21-9-5-3-6-10-21)22-11-7-4-8-12-22/h3-17,32H,1-2H3,(H,29,31)/b28-17+. The van der Waals surface area contributed by atoms with Crippen LogP contribution in [0.4, 0.5) is 5.69 Å². The van der Waals surface area contributed by atoms with Gasteiger partial charge in [-0.05, 0) is 48.7 Å². The van der Waals surface area contributed by atoms with E-state index in [1.165, 1.54) is 12.3 Å². The molecule has 4 rings (SSSR count). The Hall–Kier alpha value is -4.56. The maximum absolute atomic E-state index is 13.1. The van der Waals surface area contributed by atoms with E-state index in [0.29, 0.717) is 33.8 Å². The number of benzene rings is 3. The van der Waals surface area contributed by atoms with Gasteiger partial charge in [0.2, 0.25) is 0 Å². The van der Waals surface area contributed by atoms with Gasteiger partial charge in [-0.25, -0.2) is 5.43 Å². The number of nitrogens with zero attached hydrogens (tertiary/aromatic N) is 2. The summed E-state index contributed by atoms with van der Waals surface area (Å²) < 4.78 is 5.75. The Morgan fingerprint density at radius 1 is 1.00 bits per heavy atom. The van der Waals surface area contributed by atoms with Crippen LogP contribution in [0, 0.1) is 24.0 Å². The molecule has 0 unspecified atom stereocenters. The van der Waals surface area contributed by atoms with Crippen LogP contribution in [0.1, 0.15) is 28.0 Å². The van der Waals surface area contributed by atoms with Crippen molar-refractivity contribution in [2.45, 2.75) is 19.4 Å². The first-order valence-electron chi connectivity index (χ1n) is 10.8. The van der Waals surface area contributed by atoms with Crippen molar-refractivity contribution in [3.63, 3.8) is 0 Å². The van der Waals surface area contributed by atoms with E-state index in [9.17, 15) is 20.0 Å². The third-order valence-electron chi connectivity index (χ3n) is 5.82. The Labute approximate surface area is 201 Å². The van der Waals surface area contributed by atoms with Gasteiger partial charge in [0.1, 0.15) is 11.5 Å². The Balaban J connectivity index is 1.56. The summed E-state index contributed by atoms with van der Waals surface area (Å²) in [5.74, 6) is 0.0147. The summed E-state index contributed by atoms with van der Waals surface area (Å²) in [5.41, 5.74) is 3.18. The predicted octanol–water partition coefficient (Wildman–Crippen LogP) is 4.86. The number of aryl methyl sites for hydroxylation is 1. The van der Waals surface area contributed by atoms with E-state index in [4.69, 9.17) is 4.42 Å². The normalized spacial score (nSPS) is 11.5. The lowest BCUT2D eigenvalue weighted by Crippen LogP contribution is -2.43. The van der Waals surface area contributed by atoms with Gasteiger partial charge in [0.25, 0.3) is 11.6 Å². The SMILES string of the molecule is Cc1cc(-c2ccc(/C=N/NC(=O)C(O)(c3ccccc3)c3ccccc3)o2)cc([N+](=O)[O-])c1C. The van der Waals surface area contributed by atoms with Crippen molar-refractivity contribution in [1.29, 1.82) is 0 Å². The van der Waals surface area contributed by atoms with Gasteiger partial charge in [-0.2, -0.15) is 5.10 Å². The molecule has 176 valence electrons. The minimum Gasteiger partial charge on any atom is -0.455 e. The van der Waals surface area contributed by atoms with E-state index in [1.54, 1.807) is 86.6 Å². The van der Waals surface area contributed by atoms with Crippen molar-refractivity contribution in [1.82, 2.24) is 5.43 Å². The van der Waals surface area contributed by atoms with Crippen LogP contribution in [0.2, 0.25) is 0 Å². The molecule has 1 aromatic heterocycles. The zero-order valence-electron chi connectivity index (χ0n) is 19.1. The molecule has 0 spiro atoms. The lowest BCUT2D eigenvalue weighted by Gasteiger charge is -2.26. The molecule has 8 nitrogen and oxygen atoms in total. The van der Waals surface area contributed by atoms with Gasteiger partial charge in [-0.1, -0.05) is 60.7 Å². The summed E-state index contributed by atoms with van der Waals surface area (Å²) >= 11 is 0. The fraction of sp³-hybridized carbons (Fsp3) is 0.111. The fourth-order valence-electron chi connectivity index (χ4n) is 3.77. The molecule has 1 heterocycles. The number of aliphatic hydroxyl groups is 1. The van der Waals surface area contributed by atoms with E-state index in [0.717, 1.165) is 5.56 Å². The minimum absolute atomic E-state index is 0.0139. The topological polar surface area (TPSA) is 118 Å². The Kier molecular flexibility index (Phi) is 6.57. The highest BCUT2D eigenvalue weighted by Gasteiger charge is 2.39. The first-order chi connectivity index (χ1) is 16.8. The van der Waals surface area contributed by atoms with Gasteiger partial charge >= 0.3 is 0 Å². The number of hydrazone groups is 1. The summed E-state index contributed by atoms with van der Waals surface area (Å²) in [6.45, 7) is 3.50. The van der Waals surface area contributed by atoms with Crippen molar-refractivity contribution in [2.75, 3.05) is 0 Å². The van der Waals surface area contributed by atoms with E-state index < -0.39 is 16.4 Å². The van der Waals surface area contributed by atoms with Crippen LogP contribution < -0.4 is 5.43 Å². The van der Waals surface area contributed by atoms with Crippen LogP contribution in [0.15, 0.2) is 94.4 Å². The summed E-state index contributed by atoms with van der Waals surface area (Å²) in [7, 11) is 0. The first kappa shape index (κ1) is 23.6. The highest BCUT2D eigenvalue weighted by Crippen LogP contribution is 2.31. The van der Waals surface area contributed by atoms with Crippen LogP contribution in [-0.2, 0) is 10.4 Å². The smallest absolute Gasteiger partial charge is 0.281 e. The van der Waals surface area contributed by atoms with E-state index >= 15 is 0 Å². The molecule has 0 aliphatic carbocycles. The van der Waals surface area contributed by atoms with Crippen LogP contribution in [0.25, 0.3) is 11.3 Å². The molecule has 0 fully saturated rings. The molecular formula is C27H23N3O5. The number of hydrogen-bond donors (Lipinski definition) is 2. The van der Waals surface area contributed by atoms with Gasteiger partial charge in [0.15, 0.2) is 5.60 Å². The number of nitro benzene ring substituents is 1. The fourth-order valence-corrected chi connectivity index (χ4v) is 3.77. The summed E-state index contributed by atoms with van der Waals surface area (Å²) in [5, 5.41) is 26.7. The predicted molar refractivity (Wildman–Crippen MR) is 132 cm³/mol. The monoisotopic (exact) mass is 469 g/mol.